The number of carboxylic acid groups (broad SMARTS) is 1. The van der Waals surface area contributed by atoms with E-state index in [9.17, 15) is 24.3 Å². The third-order valence-corrected chi connectivity index (χ3v) is 3.25. The second-order valence-electron chi connectivity index (χ2n) is 4.81. The fourth-order valence-electron chi connectivity index (χ4n) is 2.22. The summed E-state index contributed by atoms with van der Waals surface area (Å²) >= 11 is 0. The molecule has 0 bridgehead atoms. The molecule has 1 rings (SSSR count). The summed E-state index contributed by atoms with van der Waals surface area (Å²) in [4.78, 5) is 47.1. The number of aliphatic carboxylic acids is 1. The quantitative estimate of drug-likeness (QED) is 0.327. The lowest BCUT2D eigenvalue weighted by atomic mass is 10.2. The van der Waals surface area contributed by atoms with Crippen LogP contribution < -0.4 is 16.4 Å². The fourth-order valence-corrected chi connectivity index (χ4v) is 2.22. The number of aliphatic hydroxyl groups is 1. The van der Waals surface area contributed by atoms with E-state index in [1.807, 2.05) is 0 Å². The Morgan fingerprint density at radius 3 is 2.55 bits per heavy atom. The molecule has 0 saturated carbocycles. The molecule has 1 aliphatic rings. The molecule has 0 unspecified atom stereocenters. The van der Waals surface area contributed by atoms with E-state index < -0.39 is 48.9 Å². The zero-order valence-electron chi connectivity index (χ0n) is 11.9. The number of aliphatic hydroxyl groups excluding tert-OH is 1. The van der Waals surface area contributed by atoms with Gasteiger partial charge in [0.1, 0.15) is 18.6 Å². The van der Waals surface area contributed by atoms with Gasteiger partial charge in [-0.05, 0) is 12.8 Å². The van der Waals surface area contributed by atoms with Gasteiger partial charge in [0.25, 0.3) is 0 Å². The van der Waals surface area contributed by atoms with Gasteiger partial charge in [-0.2, -0.15) is 0 Å². The minimum Gasteiger partial charge on any atom is -0.480 e. The van der Waals surface area contributed by atoms with E-state index in [0.717, 1.165) is 0 Å². The van der Waals surface area contributed by atoms with Crippen molar-refractivity contribution in [3.05, 3.63) is 0 Å². The lowest BCUT2D eigenvalue weighted by Gasteiger charge is -2.27. The molecule has 1 fully saturated rings. The molecule has 124 valence electrons. The van der Waals surface area contributed by atoms with Crippen LogP contribution in [0.15, 0.2) is 0 Å². The number of nitrogens with two attached hydrogens (primary N) is 1. The van der Waals surface area contributed by atoms with Crippen molar-refractivity contribution < 1.29 is 29.4 Å². The van der Waals surface area contributed by atoms with Gasteiger partial charge in [0.05, 0.1) is 13.2 Å². The number of carbonyl (C=O) groups excluding carboxylic acids is 3. The van der Waals surface area contributed by atoms with E-state index in [2.05, 4.69) is 10.6 Å². The van der Waals surface area contributed by atoms with Gasteiger partial charge >= 0.3 is 5.97 Å². The van der Waals surface area contributed by atoms with Gasteiger partial charge < -0.3 is 31.5 Å². The number of likely N-dealkylation sites (tertiary alicyclic amines) is 1. The Hall–Kier alpha value is -2.20. The van der Waals surface area contributed by atoms with Crippen molar-refractivity contribution in [2.45, 2.75) is 24.9 Å². The maximum absolute atomic E-state index is 12.3. The SMILES string of the molecule is NCC(=O)N[C@@H](CO)C(=O)N1CCC[C@H]1C(=O)NCC(=O)O. The lowest BCUT2D eigenvalue weighted by molar-refractivity contribution is -0.143. The second-order valence-corrected chi connectivity index (χ2v) is 4.81. The van der Waals surface area contributed by atoms with Gasteiger partial charge in [-0.1, -0.05) is 0 Å². The molecule has 1 aliphatic heterocycles. The Bertz CT molecular complexity index is 455. The monoisotopic (exact) mass is 316 g/mol. The van der Waals surface area contributed by atoms with Crippen LogP contribution in [0.2, 0.25) is 0 Å². The maximum atomic E-state index is 12.3. The van der Waals surface area contributed by atoms with Crippen molar-refractivity contribution in [3.63, 3.8) is 0 Å². The van der Waals surface area contributed by atoms with E-state index in [1.54, 1.807) is 0 Å². The molecule has 0 radical (unpaired) electrons. The number of nitrogens with zero attached hydrogens (tertiary/aromatic N) is 1. The molecular formula is C12H20N4O6. The maximum Gasteiger partial charge on any atom is 0.322 e. The first-order valence-electron chi connectivity index (χ1n) is 6.81. The summed E-state index contributed by atoms with van der Waals surface area (Å²) in [5.74, 6) is -2.96. The first-order valence-corrected chi connectivity index (χ1v) is 6.81. The molecule has 2 atom stereocenters. The number of nitrogens with one attached hydrogen (secondary N) is 2. The van der Waals surface area contributed by atoms with Gasteiger partial charge in [-0.15, -0.1) is 0 Å². The van der Waals surface area contributed by atoms with Crippen molar-refractivity contribution in [1.82, 2.24) is 15.5 Å². The number of hydrogen-bond donors (Lipinski definition) is 5. The van der Waals surface area contributed by atoms with Gasteiger partial charge in [0.15, 0.2) is 0 Å². The Morgan fingerprint density at radius 1 is 1.32 bits per heavy atom. The van der Waals surface area contributed by atoms with Crippen LogP contribution in [0.3, 0.4) is 0 Å². The van der Waals surface area contributed by atoms with Gasteiger partial charge in [-0.25, -0.2) is 0 Å². The first kappa shape index (κ1) is 17.9. The first-order chi connectivity index (χ1) is 10.4. The Labute approximate surface area is 126 Å². The van der Waals surface area contributed by atoms with Crippen molar-refractivity contribution in [1.29, 1.82) is 0 Å². The van der Waals surface area contributed by atoms with Gasteiger partial charge in [0.2, 0.25) is 17.7 Å². The molecule has 0 aromatic rings. The third kappa shape index (κ3) is 4.67. The summed E-state index contributed by atoms with van der Waals surface area (Å²) in [6.07, 6.45) is 0.958. The predicted molar refractivity (Wildman–Crippen MR) is 73.5 cm³/mol. The molecule has 10 heteroatoms. The van der Waals surface area contributed by atoms with Crippen LogP contribution in [0.25, 0.3) is 0 Å². The summed E-state index contributed by atoms with van der Waals surface area (Å²) in [7, 11) is 0. The van der Waals surface area contributed by atoms with E-state index in [1.165, 1.54) is 4.90 Å². The van der Waals surface area contributed by atoms with E-state index in [-0.39, 0.29) is 6.54 Å². The summed E-state index contributed by atoms with van der Waals surface area (Å²) in [5, 5.41) is 22.3. The molecule has 6 N–H and O–H groups in total. The summed E-state index contributed by atoms with van der Waals surface area (Å²) in [5.41, 5.74) is 5.13. The number of hydrogen-bond acceptors (Lipinski definition) is 6. The number of rotatable bonds is 7. The third-order valence-electron chi connectivity index (χ3n) is 3.25. The predicted octanol–water partition coefficient (Wildman–Crippen LogP) is -3.39. The topological polar surface area (TPSA) is 162 Å². The Kier molecular flexibility index (Phi) is 6.73. The van der Waals surface area contributed by atoms with Crippen molar-refractivity contribution >= 4 is 23.7 Å². The Balaban J connectivity index is 2.71. The summed E-state index contributed by atoms with van der Waals surface area (Å²) in [6.45, 7) is -1.19. The highest BCUT2D eigenvalue weighted by Crippen LogP contribution is 2.18. The van der Waals surface area contributed by atoms with E-state index in [4.69, 9.17) is 10.8 Å². The lowest BCUT2D eigenvalue weighted by Crippen LogP contribution is -2.55. The highest BCUT2D eigenvalue weighted by atomic mass is 16.4. The molecule has 1 heterocycles. The molecule has 1 saturated heterocycles. The minimum absolute atomic E-state index is 0.291. The van der Waals surface area contributed by atoms with Crippen LogP contribution in [0.5, 0.6) is 0 Å². The zero-order valence-corrected chi connectivity index (χ0v) is 11.9. The van der Waals surface area contributed by atoms with Crippen molar-refractivity contribution in [2.75, 3.05) is 26.2 Å². The Morgan fingerprint density at radius 2 is 2.00 bits per heavy atom. The van der Waals surface area contributed by atoms with E-state index >= 15 is 0 Å². The van der Waals surface area contributed by atoms with Gasteiger partial charge in [0, 0.05) is 6.54 Å². The highest BCUT2D eigenvalue weighted by molar-refractivity contribution is 5.93. The second kappa shape index (κ2) is 8.29. The van der Waals surface area contributed by atoms with Crippen LogP contribution >= 0.6 is 0 Å². The standard InChI is InChI=1S/C12H20N4O6/c13-4-9(18)15-7(6-17)12(22)16-3-1-2-8(16)11(21)14-5-10(19)20/h7-8,17H,1-6,13H2,(H,14,21)(H,15,18)(H,19,20)/t7-,8-/m0/s1. The molecule has 10 nitrogen and oxygen atoms in total. The van der Waals surface area contributed by atoms with Crippen LogP contribution in [0.4, 0.5) is 0 Å². The zero-order chi connectivity index (χ0) is 16.7. The summed E-state index contributed by atoms with van der Waals surface area (Å²) in [6, 6.07) is -1.99. The van der Waals surface area contributed by atoms with Crippen LogP contribution in [-0.4, -0.2) is 77.1 Å². The van der Waals surface area contributed by atoms with Crippen molar-refractivity contribution in [2.24, 2.45) is 5.73 Å². The van der Waals surface area contributed by atoms with Crippen LogP contribution in [0, 0.1) is 0 Å². The smallest absolute Gasteiger partial charge is 0.322 e. The minimum atomic E-state index is -1.19. The molecule has 0 aromatic heterocycles. The average molecular weight is 316 g/mol. The number of carbonyl (C=O) groups is 4. The van der Waals surface area contributed by atoms with Crippen LogP contribution in [0.1, 0.15) is 12.8 Å². The fraction of sp³-hybridized carbons (Fsp3) is 0.667. The highest BCUT2D eigenvalue weighted by Gasteiger charge is 2.37. The normalized spacial score (nSPS) is 18.6. The largest absolute Gasteiger partial charge is 0.480 e. The molecule has 0 aliphatic carbocycles. The summed E-state index contributed by atoms with van der Waals surface area (Å²) < 4.78 is 0. The molecular weight excluding hydrogens is 296 g/mol. The van der Waals surface area contributed by atoms with E-state index in [0.29, 0.717) is 19.4 Å². The number of amides is 3. The van der Waals surface area contributed by atoms with Crippen molar-refractivity contribution in [3.8, 4) is 0 Å². The molecule has 0 aromatic carbocycles. The average Bonchev–Trinajstić information content (AvgIpc) is 2.98. The molecule has 3 amide bonds. The number of carboxylic acids is 1. The van der Waals surface area contributed by atoms with Crippen LogP contribution in [-0.2, 0) is 19.2 Å². The van der Waals surface area contributed by atoms with Gasteiger partial charge in [-0.3, -0.25) is 19.2 Å². The molecule has 0 spiro atoms. The molecule has 22 heavy (non-hydrogen) atoms.